The van der Waals surface area contributed by atoms with E-state index in [1.54, 1.807) is 0 Å². The van der Waals surface area contributed by atoms with Crippen molar-refractivity contribution in [2.45, 2.75) is 39.0 Å². The largest absolute Gasteiger partial charge is 0.376 e. The molecule has 22 heavy (non-hydrogen) atoms. The van der Waals surface area contributed by atoms with Crippen LogP contribution < -0.4 is 11.3 Å². The van der Waals surface area contributed by atoms with Crippen molar-refractivity contribution in [3.05, 3.63) is 57.9 Å². The van der Waals surface area contributed by atoms with Crippen molar-refractivity contribution >= 4 is 0 Å². The molecule has 1 fully saturated rings. The van der Waals surface area contributed by atoms with E-state index in [9.17, 15) is 4.79 Å². The molecule has 0 bridgehead atoms. The Balaban J connectivity index is 2.06. The molecule has 1 unspecified atom stereocenters. The number of hydrogen-bond acceptors (Lipinski definition) is 3. The van der Waals surface area contributed by atoms with E-state index in [0.29, 0.717) is 12.1 Å². The molecule has 1 aromatic heterocycles. The maximum absolute atomic E-state index is 12.7. The van der Waals surface area contributed by atoms with Crippen LogP contribution in [0.4, 0.5) is 0 Å². The number of nitrogens with two attached hydrogens (primary N) is 1. The highest BCUT2D eigenvalue weighted by Crippen LogP contribution is 2.21. The average molecular weight is 298 g/mol. The summed E-state index contributed by atoms with van der Waals surface area (Å²) in [6.07, 6.45) is 2.19. The first-order valence-electron chi connectivity index (χ1n) is 7.80. The third kappa shape index (κ3) is 2.98. The second kappa shape index (κ2) is 6.46. The molecule has 1 atom stereocenters. The molecule has 2 aromatic rings. The van der Waals surface area contributed by atoms with Gasteiger partial charge in [-0.2, -0.15) is 0 Å². The smallest absolute Gasteiger partial charge is 0.255 e. The van der Waals surface area contributed by atoms with Gasteiger partial charge in [-0.25, -0.2) is 0 Å². The Bertz CT molecular complexity index is 698. The van der Waals surface area contributed by atoms with Crippen molar-refractivity contribution in [3.63, 3.8) is 0 Å². The van der Waals surface area contributed by atoms with Gasteiger partial charge in [0.25, 0.3) is 5.56 Å². The lowest BCUT2D eigenvalue weighted by molar-refractivity contribution is 0.0965. The second-order valence-electron chi connectivity index (χ2n) is 5.86. The van der Waals surface area contributed by atoms with E-state index in [1.807, 2.05) is 16.7 Å². The first kappa shape index (κ1) is 15.0. The lowest BCUT2D eigenvalue weighted by atomic mass is 10.1. The van der Waals surface area contributed by atoms with Gasteiger partial charge in [0.2, 0.25) is 0 Å². The van der Waals surface area contributed by atoms with E-state index in [2.05, 4.69) is 31.2 Å². The quantitative estimate of drug-likeness (QED) is 0.943. The van der Waals surface area contributed by atoms with Crippen LogP contribution in [0.3, 0.4) is 0 Å². The minimum absolute atomic E-state index is 0.00363. The van der Waals surface area contributed by atoms with Crippen molar-refractivity contribution in [2.75, 3.05) is 6.61 Å². The number of rotatable bonds is 4. The summed E-state index contributed by atoms with van der Waals surface area (Å²) in [6.45, 7) is 3.70. The van der Waals surface area contributed by atoms with E-state index in [1.165, 1.54) is 5.56 Å². The number of ether oxygens (including phenoxy) is 1. The maximum Gasteiger partial charge on any atom is 0.255 e. The lowest BCUT2D eigenvalue weighted by Gasteiger charge is -2.18. The van der Waals surface area contributed by atoms with E-state index < -0.39 is 0 Å². The summed E-state index contributed by atoms with van der Waals surface area (Å²) in [5.74, 6) is 0. The van der Waals surface area contributed by atoms with Gasteiger partial charge in [-0.1, -0.05) is 35.9 Å². The molecule has 1 aliphatic rings. The highest BCUT2D eigenvalue weighted by molar-refractivity contribution is 5.60. The topological polar surface area (TPSA) is 57.2 Å². The zero-order valence-corrected chi connectivity index (χ0v) is 12.9. The molecule has 0 spiro atoms. The highest BCUT2D eigenvalue weighted by Gasteiger charge is 2.19. The van der Waals surface area contributed by atoms with Crippen molar-refractivity contribution in [1.29, 1.82) is 0 Å². The number of hydrogen-bond donors (Lipinski definition) is 1. The molecule has 1 saturated heterocycles. The van der Waals surface area contributed by atoms with Gasteiger partial charge in [0, 0.05) is 18.7 Å². The summed E-state index contributed by atoms with van der Waals surface area (Å²) in [5, 5.41) is 0. The minimum Gasteiger partial charge on any atom is -0.376 e. The third-order valence-corrected chi connectivity index (χ3v) is 4.23. The first-order chi connectivity index (χ1) is 10.7. The molecular formula is C18H22N2O2. The summed E-state index contributed by atoms with van der Waals surface area (Å²) >= 11 is 0. The van der Waals surface area contributed by atoms with Crippen LogP contribution >= 0.6 is 0 Å². The molecule has 2 N–H and O–H groups in total. The Labute approximate surface area is 130 Å². The Morgan fingerprint density at radius 3 is 2.64 bits per heavy atom. The van der Waals surface area contributed by atoms with E-state index >= 15 is 0 Å². The number of nitrogens with zero attached hydrogens (tertiary/aromatic N) is 1. The van der Waals surface area contributed by atoms with Crippen molar-refractivity contribution < 1.29 is 4.74 Å². The number of aromatic nitrogens is 1. The van der Waals surface area contributed by atoms with Gasteiger partial charge in [-0.3, -0.25) is 4.79 Å². The fraction of sp³-hybridized carbons (Fsp3) is 0.389. The van der Waals surface area contributed by atoms with Gasteiger partial charge in [-0.05, 0) is 31.4 Å². The second-order valence-corrected chi connectivity index (χ2v) is 5.86. The summed E-state index contributed by atoms with van der Waals surface area (Å²) in [7, 11) is 0. The van der Waals surface area contributed by atoms with Crippen molar-refractivity contribution in [1.82, 2.24) is 4.57 Å². The molecular weight excluding hydrogens is 276 g/mol. The van der Waals surface area contributed by atoms with Gasteiger partial charge >= 0.3 is 0 Å². The molecule has 1 aromatic carbocycles. The predicted octanol–water partition coefficient (Wildman–Crippen LogP) is 2.46. The third-order valence-electron chi connectivity index (χ3n) is 4.23. The number of benzene rings is 1. The first-order valence-corrected chi connectivity index (χ1v) is 7.80. The maximum atomic E-state index is 12.7. The van der Waals surface area contributed by atoms with Gasteiger partial charge in [0.15, 0.2) is 0 Å². The van der Waals surface area contributed by atoms with Gasteiger partial charge in [0.05, 0.1) is 18.3 Å². The number of pyridine rings is 1. The molecule has 4 heteroatoms. The van der Waals surface area contributed by atoms with E-state index in [0.717, 1.165) is 30.7 Å². The van der Waals surface area contributed by atoms with Crippen LogP contribution in [0.5, 0.6) is 0 Å². The lowest BCUT2D eigenvalue weighted by Crippen LogP contribution is -2.30. The Morgan fingerprint density at radius 1 is 1.23 bits per heavy atom. The fourth-order valence-electron chi connectivity index (χ4n) is 2.93. The average Bonchev–Trinajstić information content (AvgIpc) is 3.03. The van der Waals surface area contributed by atoms with Gasteiger partial charge in [-0.15, -0.1) is 0 Å². The molecule has 1 aliphatic heterocycles. The van der Waals surface area contributed by atoms with Crippen molar-refractivity contribution in [2.24, 2.45) is 5.73 Å². The summed E-state index contributed by atoms with van der Waals surface area (Å²) in [4.78, 5) is 12.7. The predicted molar refractivity (Wildman–Crippen MR) is 87.7 cm³/mol. The molecule has 2 heterocycles. The van der Waals surface area contributed by atoms with Crippen LogP contribution in [-0.2, 0) is 17.8 Å². The standard InChI is InChI=1S/C18H22N2O2/c1-13-4-6-14(7-5-13)17-9-8-15(11-19)18(21)20(17)12-16-3-2-10-22-16/h4-9,16H,2-3,10-12,19H2,1H3. The van der Waals surface area contributed by atoms with Crippen LogP contribution in [0.2, 0.25) is 0 Å². The molecule has 0 amide bonds. The molecule has 0 saturated carbocycles. The van der Waals surface area contributed by atoms with Crippen LogP contribution in [0.25, 0.3) is 11.3 Å². The summed E-state index contributed by atoms with van der Waals surface area (Å²) < 4.78 is 7.53. The van der Waals surface area contributed by atoms with Crippen LogP contribution in [-0.4, -0.2) is 17.3 Å². The summed E-state index contributed by atoms with van der Waals surface area (Å²) in [6, 6.07) is 12.1. The van der Waals surface area contributed by atoms with Crippen LogP contribution in [0.1, 0.15) is 24.0 Å². The zero-order valence-electron chi connectivity index (χ0n) is 12.9. The monoisotopic (exact) mass is 298 g/mol. The Hall–Kier alpha value is -1.91. The van der Waals surface area contributed by atoms with Gasteiger partial charge in [0.1, 0.15) is 0 Å². The highest BCUT2D eigenvalue weighted by atomic mass is 16.5. The minimum atomic E-state index is -0.00363. The fourth-order valence-corrected chi connectivity index (χ4v) is 2.93. The van der Waals surface area contributed by atoms with E-state index in [4.69, 9.17) is 10.5 Å². The molecule has 0 aliphatic carbocycles. The van der Waals surface area contributed by atoms with Crippen LogP contribution in [0, 0.1) is 6.92 Å². The molecule has 116 valence electrons. The normalized spacial score (nSPS) is 17.8. The van der Waals surface area contributed by atoms with Crippen molar-refractivity contribution in [3.8, 4) is 11.3 Å². The SMILES string of the molecule is Cc1ccc(-c2ccc(CN)c(=O)n2CC2CCCO2)cc1. The molecule has 4 nitrogen and oxygen atoms in total. The zero-order chi connectivity index (χ0) is 15.5. The summed E-state index contributed by atoms with van der Waals surface area (Å²) in [5.41, 5.74) is 9.51. The van der Waals surface area contributed by atoms with Gasteiger partial charge < -0.3 is 15.0 Å². The van der Waals surface area contributed by atoms with Crippen LogP contribution in [0.15, 0.2) is 41.2 Å². The van der Waals surface area contributed by atoms with E-state index in [-0.39, 0.29) is 18.2 Å². The molecule has 3 rings (SSSR count). The Morgan fingerprint density at radius 2 is 2.00 bits per heavy atom. The molecule has 0 radical (unpaired) electrons. The Kier molecular flexibility index (Phi) is 4.41. The number of aryl methyl sites for hydroxylation is 1.